The van der Waals surface area contributed by atoms with Crippen LogP contribution in [-0.4, -0.2) is 53.8 Å². The molecule has 2 saturated heterocycles. The average Bonchev–Trinajstić information content (AvgIpc) is 2.89. The van der Waals surface area contributed by atoms with Gasteiger partial charge in [0.1, 0.15) is 0 Å². The Labute approximate surface area is 210 Å². The van der Waals surface area contributed by atoms with E-state index in [0.717, 1.165) is 37.6 Å². The van der Waals surface area contributed by atoms with Crippen molar-refractivity contribution in [3.63, 3.8) is 0 Å². The Kier molecular flexibility index (Phi) is 8.46. The van der Waals surface area contributed by atoms with E-state index in [2.05, 4.69) is 10.2 Å². The van der Waals surface area contributed by atoms with Crippen LogP contribution in [0.2, 0.25) is 0 Å². The molecule has 0 bridgehead atoms. The molecule has 0 radical (unpaired) electrons. The molecule has 0 unspecified atom stereocenters. The smallest absolute Gasteiger partial charge is 0.353 e. The van der Waals surface area contributed by atoms with Crippen molar-refractivity contribution in [2.75, 3.05) is 26.2 Å². The second-order valence-electron chi connectivity index (χ2n) is 9.60. The van der Waals surface area contributed by atoms with E-state index in [1.165, 1.54) is 12.1 Å². The molecule has 2 amide bonds. The molecule has 2 aromatic rings. The van der Waals surface area contributed by atoms with Gasteiger partial charge < -0.3 is 10.2 Å². The van der Waals surface area contributed by atoms with Crippen molar-refractivity contribution in [1.29, 1.82) is 0 Å². The van der Waals surface area contributed by atoms with Crippen molar-refractivity contribution in [3.05, 3.63) is 77.4 Å². The topological polar surface area (TPSA) is 52.7 Å². The molecule has 2 fully saturated rings. The third-order valence-corrected chi connectivity index (χ3v) is 6.99. The molecule has 36 heavy (non-hydrogen) atoms. The van der Waals surface area contributed by atoms with Gasteiger partial charge >= 0.3 is 6.18 Å². The van der Waals surface area contributed by atoms with Crippen LogP contribution in [0.5, 0.6) is 0 Å². The van der Waals surface area contributed by atoms with E-state index in [1.54, 1.807) is 23.1 Å². The maximum Gasteiger partial charge on any atom is 0.416 e. The molecule has 0 spiro atoms. The highest BCUT2D eigenvalue weighted by atomic mass is 19.4. The molecule has 2 aliphatic heterocycles. The quantitative estimate of drug-likeness (QED) is 0.585. The summed E-state index contributed by atoms with van der Waals surface area (Å²) in [7, 11) is 0. The molecule has 192 valence electrons. The Hall–Kier alpha value is -3.13. The first-order valence-electron chi connectivity index (χ1n) is 12.5. The lowest BCUT2D eigenvalue weighted by atomic mass is 9.94. The number of nitrogens with one attached hydrogen (secondary N) is 1. The summed E-state index contributed by atoms with van der Waals surface area (Å²) >= 11 is 0. The molecular formula is C28H32F3N3O2. The fourth-order valence-electron chi connectivity index (χ4n) is 4.86. The Morgan fingerprint density at radius 3 is 2.28 bits per heavy atom. The van der Waals surface area contributed by atoms with Crippen molar-refractivity contribution in [1.82, 2.24) is 15.1 Å². The minimum Gasteiger partial charge on any atom is -0.353 e. The number of amides is 2. The largest absolute Gasteiger partial charge is 0.416 e. The number of halogens is 3. The lowest BCUT2D eigenvalue weighted by Gasteiger charge is -2.35. The zero-order valence-electron chi connectivity index (χ0n) is 20.2. The van der Waals surface area contributed by atoms with Crippen molar-refractivity contribution < 1.29 is 22.8 Å². The van der Waals surface area contributed by atoms with Crippen LogP contribution in [0.1, 0.15) is 42.4 Å². The summed E-state index contributed by atoms with van der Waals surface area (Å²) in [6.07, 6.45) is 1.88. The zero-order chi connectivity index (χ0) is 25.5. The highest BCUT2D eigenvalue weighted by Gasteiger charge is 2.31. The first-order valence-corrected chi connectivity index (χ1v) is 12.5. The summed E-state index contributed by atoms with van der Waals surface area (Å²) < 4.78 is 38.9. The molecule has 5 nitrogen and oxygen atoms in total. The van der Waals surface area contributed by atoms with Crippen LogP contribution in [0.4, 0.5) is 13.2 Å². The lowest BCUT2D eigenvalue weighted by molar-refractivity contribution is -0.137. The number of carbonyl (C=O) groups excluding carboxylic acids is 2. The predicted octanol–water partition coefficient (Wildman–Crippen LogP) is 4.74. The van der Waals surface area contributed by atoms with Gasteiger partial charge in [-0.2, -0.15) is 13.2 Å². The highest BCUT2D eigenvalue weighted by Crippen LogP contribution is 2.30. The van der Waals surface area contributed by atoms with Crippen LogP contribution < -0.4 is 5.32 Å². The Bertz CT molecular complexity index is 1060. The maximum absolute atomic E-state index is 13.0. The normalized spacial score (nSPS) is 18.5. The van der Waals surface area contributed by atoms with Gasteiger partial charge in [-0.15, -0.1) is 0 Å². The molecule has 2 aromatic carbocycles. The molecular weight excluding hydrogens is 467 g/mol. The Morgan fingerprint density at radius 2 is 1.61 bits per heavy atom. The van der Waals surface area contributed by atoms with E-state index in [0.29, 0.717) is 38.0 Å². The van der Waals surface area contributed by atoms with Crippen molar-refractivity contribution in [2.45, 2.75) is 44.4 Å². The molecule has 4 rings (SSSR count). The number of alkyl halides is 3. The fourth-order valence-corrected chi connectivity index (χ4v) is 4.86. The van der Waals surface area contributed by atoms with Crippen LogP contribution in [-0.2, 0) is 22.3 Å². The number of likely N-dealkylation sites (tertiary alicyclic amines) is 2. The van der Waals surface area contributed by atoms with E-state index in [1.807, 2.05) is 30.3 Å². The van der Waals surface area contributed by atoms with Crippen LogP contribution in [0.25, 0.3) is 6.08 Å². The first kappa shape index (κ1) is 25.9. The Balaban J connectivity index is 1.18. The Morgan fingerprint density at radius 1 is 0.917 bits per heavy atom. The summed E-state index contributed by atoms with van der Waals surface area (Å²) in [6.45, 7) is 3.04. The van der Waals surface area contributed by atoms with Crippen molar-refractivity contribution >= 4 is 17.9 Å². The van der Waals surface area contributed by atoms with Crippen LogP contribution in [0.3, 0.4) is 0 Å². The van der Waals surface area contributed by atoms with Crippen molar-refractivity contribution in [2.24, 2.45) is 5.92 Å². The number of hydrogen-bond donors (Lipinski definition) is 1. The average molecular weight is 500 g/mol. The minimum atomic E-state index is -4.34. The molecule has 1 N–H and O–H groups in total. The standard InChI is InChI=1S/C28H32F3N3O2/c29-28(30,31)24-8-4-7-22(19-24)20-33-15-13-25(14-16-33)32-27(36)23-11-17-34(18-12-23)26(35)10-9-21-5-2-1-3-6-21/h1-10,19,23,25H,11-18,20H2,(H,32,36)/b10-9+. The van der Waals surface area contributed by atoms with E-state index in [9.17, 15) is 22.8 Å². The zero-order valence-corrected chi connectivity index (χ0v) is 20.2. The van der Waals surface area contributed by atoms with Crippen molar-refractivity contribution in [3.8, 4) is 0 Å². The molecule has 8 heteroatoms. The summed E-state index contributed by atoms with van der Waals surface area (Å²) in [5.41, 5.74) is 0.996. The number of piperidine rings is 2. The van der Waals surface area contributed by atoms with Gasteiger partial charge in [0.2, 0.25) is 11.8 Å². The van der Waals surface area contributed by atoms with E-state index >= 15 is 0 Å². The number of benzene rings is 2. The number of hydrogen-bond acceptors (Lipinski definition) is 3. The third-order valence-electron chi connectivity index (χ3n) is 6.99. The first-order chi connectivity index (χ1) is 17.3. The second kappa shape index (κ2) is 11.7. The predicted molar refractivity (Wildman–Crippen MR) is 133 cm³/mol. The van der Waals surface area contributed by atoms with Crippen LogP contribution in [0.15, 0.2) is 60.7 Å². The monoisotopic (exact) mass is 499 g/mol. The van der Waals surface area contributed by atoms with E-state index < -0.39 is 11.7 Å². The lowest BCUT2D eigenvalue weighted by Crippen LogP contribution is -2.48. The molecule has 0 atom stereocenters. The molecule has 2 heterocycles. The molecule has 2 aliphatic rings. The van der Waals surface area contributed by atoms with E-state index in [-0.39, 0.29) is 23.8 Å². The van der Waals surface area contributed by atoms with Gasteiger partial charge in [-0.1, -0.05) is 48.5 Å². The highest BCUT2D eigenvalue weighted by molar-refractivity contribution is 5.92. The number of carbonyl (C=O) groups is 2. The second-order valence-corrected chi connectivity index (χ2v) is 9.60. The molecule has 0 aliphatic carbocycles. The summed E-state index contributed by atoms with van der Waals surface area (Å²) in [5.74, 6) is -0.0978. The SMILES string of the molecule is O=C(NC1CCN(Cc2cccc(C(F)(F)F)c2)CC1)C1CCN(C(=O)/C=C/c2ccccc2)CC1. The third kappa shape index (κ3) is 7.20. The fraction of sp³-hybridized carbons (Fsp3) is 0.429. The van der Waals surface area contributed by atoms with Crippen LogP contribution >= 0.6 is 0 Å². The van der Waals surface area contributed by atoms with Gasteiger partial charge in [0.25, 0.3) is 0 Å². The number of rotatable bonds is 6. The summed E-state index contributed by atoms with van der Waals surface area (Å²) in [4.78, 5) is 29.2. The summed E-state index contributed by atoms with van der Waals surface area (Å²) in [5, 5.41) is 3.16. The number of nitrogens with zero attached hydrogens (tertiary/aromatic N) is 2. The van der Waals surface area contributed by atoms with Gasteiger partial charge in [-0.3, -0.25) is 14.5 Å². The van der Waals surface area contributed by atoms with Gasteiger partial charge in [-0.25, -0.2) is 0 Å². The van der Waals surface area contributed by atoms with E-state index in [4.69, 9.17) is 0 Å². The van der Waals surface area contributed by atoms with Gasteiger partial charge in [-0.05, 0) is 49.0 Å². The maximum atomic E-state index is 13.0. The molecule has 0 aromatic heterocycles. The summed E-state index contributed by atoms with van der Waals surface area (Å²) in [6, 6.07) is 15.2. The van der Waals surface area contributed by atoms with Gasteiger partial charge in [0.15, 0.2) is 0 Å². The minimum absolute atomic E-state index is 0.0362. The molecule has 0 saturated carbocycles. The van der Waals surface area contributed by atoms with Gasteiger partial charge in [0, 0.05) is 50.8 Å². The van der Waals surface area contributed by atoms with Gasteiger partial charge in [0.05, 0.1) is 5.56 Å². The van der Waals surface area contributed by atoms with Crippen LogP contribution in [0, 0.1) is 5.92 Å².